The van der Waals surface area contributed by atoms with Crippen LogP contribution in [0.25, 0.3) is 0 Å². The Bertz CT molecular complexity index is 309. The Kier molecular flexibility index (Phi) is 4.59. The van der Waals surface area contributed by atoms with E-state index in [1.165, 1.54) is 11.3 Å². The van der Waals surface area contributed by atoms with Crippen molar-refractivity contribution in [2.75, 3.05) is 7.11 Å². The highest BCUT2D eigenvalue weighted by molar-refractivity contribution is 7.10. The second kappa shape index (κ2) is 5.30. The lowest BCUT2D eigenvalue weighted by Gasteiger charge is -2.23. The van der Waals surface area contributed by atoms with E-state index in [0.717, 1.165) is 11.3 Å². The summed E-state index contributed by atoms with van der Waals surface area (Å²) < 4.78 is 5.29. The minimum atomic E-state index is -0.480. The monoisotopic (exact) mass is 248 g/mol. The van der Waals surface area contributed by atoms with Crippen LogP contribution in [0.3, 0.4) is 0 Å². The Morgan fingerprint density at radius 3 is 2.73 bits per heavy atom. The molecule has 1 aromatic heterocycles. The van der Waals surface area contributed by atoms with Gasteiger partial charge >= 0.3 is 0 Å². The smallest absolute Gasteiger partial charge is 0.0898 e. The third kappa shape index (κ3) is 3.76. The Labute approximate surface area is 99.8 Å². The summed E-state index contributed by atoms with van der Waals surface area (Å²) in [4.78, 5) is 0.851. The minimum Gasteiger partial charge on any atom is -0.388 e. The van der Waals surface area contributed by atoms with Gasteiger partial charge in [0, 0.05) is 7.11 Å². The topological polar surface area (TPSA) is 29.5 Å². The fourth-order valence-electron chi connectivity index (χ4n) is 1.26. The summed E-state index contributed by atoms with van der Waals surface area (Å²) in [6.07, 6.45) is 0.992. The maximum Gasteiger partial charge on any atom is 0.0898 e. The van der Waals surface area contributed by atoms with Crippen molar-refractivity contribution in [2.45, 2.75) is 38.4 Å². The molecule has 1 heterocycles. The van der Waals surface area contributed by atoms with Gasteiger partial charge < -0.3 is 9.84 Å². The zero-order valence-corrected chi connectivity index (χ0v) is 10.9. The molecule has 0 aliphatic heterocycles. The zero-order valence-electron chi connectivity index (χ0n) is 9.29. The first kappa shape index (κ1) is 13.0. The first-order chi connectivity index (χ1) is 6.96. The van der Waals surface area contributed by atoms with Gasteiger partial charge in [-0.2, -0.15) is 0 Å². The number of hydrogen-bond acceptors (Lipinski definition) is 3. The van der Waals surface area contributed by atoms with Gasteiger partial charge in [-0.05, 0) is 38.1 Å². The normalized spacial score (nSPS) is 14.2. The third-order valence-corrected chi connectivity index (χ3v) is 3.98. The minimum absolute atomic E-state index is 0.190. The van der Waals surface area contributed by atoms with E-state index in [1.54, 1.807) is 7.11 Å². The summed E-state index contributed by atoms with van der Waals surface area (Å²) in [5.74, 6) is 0. The molecule has 0 fully saturated rings. The Hall–Kier alpha value is -0.0900. The van der Waals surface area contributed by atoms with Gasteiger partial charge in [-0.3, -0.25) is 0 Å². The number of ether oxygens (including phenoxy) is 1. The van der Waals surface area contributed by atoms with E-state index in [-0.39, 0.29) is 5.60 Å². The molecule has 1 atom stereocenters. The highest BCUT2D eigenvalue weighted by atomic mass is 35.5. The van der Waals surface area contributed by atoms with Crippen LogP contribution in [0.15, 0.2) is 11.4 Å². The molecule has 86 valence electrons. The van der Waals surface area contributed by atoms with Crippen LogP contribution in [0, 0.1) is 0 Å². The van der Waals surface area contributed by atoms with E-state index in [9.17, 15) is 5.11 Å². The van der Waals surface area contributed by atoms with Crippen molar-refractivity contribution >= 4 is 22.9 Å². The molecule has 0 saturated heterocycles. The van der Waals surface area contributed by atoms with Crippen LogP contribution in [-0.2, 0) is 4.74 Å². The number of aliphatic hydroxyl groups excluding tert-OH is 1. The molecule has 1 unspecified atom stereocenters. The molecule has 0 aromatic carbocycles. The van der Waals surface area contributed by atoms with Crippen molar-refractivity contribution in [1.82, 2.24) is 0 Å². The lowest BCUT2D eigenvalue weighted by Crippen LogP contribution is -2.22. The Morgan fingerprint density at radius 1 is 1.60 bits per heavy atom. The number of aliphatic hydroxyl groups is 1. The van der Waals surface area contributed by atoms with Crippen LogP contribution in [0.1, 0.15) is 37.7 Å². The van der Waals surface area contributed by atoms with Crippen molar-refractivity contribution in [3.63, 3.8) is 0 Å². The van der Waals surface area contributed by atoms with E-state index in [4.69, 9.17) is 16.3 Å². The number of methoxy groups -OCH3 is 1. The van der Waals surface area contributed by atoms with Gasteiger partial charge in [0.15, 0.2) is 0 Å². The fraction of sp³-hybridized carbons (Fsp3) is 0.636. The summed E-state index contributed by atoms with van der Waals surface area (Å²) in [5, 5.41) is 12.5. The van der Waals surface area contributed by atoms with Crippen LogP contribution in [0.2, 0.25) is 5.02 Å². The SMILES string of the molecule is COC(C)(C)CCC(O)c1sccc1Cl. The maximum absolute atomic E-state index is 9.92. The predicted molar refractivity (Wildman–Crippen MR) is 64.6 cm³/mol. The van der Waals surface area contributed by atoms with Gasteiger partial charge in [-0.1, -0.05) is 11.6 Å². The average Bonchev–Trinajstić information content (AvgIpc) is 2.61. The second-order valence-corrected chi connectivity index (χ2v) is 5.51. The molecule has 1 aromatic rings. The lowest BCUT2D eigenvalue weighted by atomic mass is 9.99. The van der Waals surface area contributed by atoms with Crippen molar-refractivity contribution in [3.05, 3.63) is 21.3 Å². The van der Waals surface area contributed by atoms with Crippen LogP contribution in [0.4, 0.5) is 0 Å². The van der Waals surface area contributed by atoms with Crippen molar-refractivity contribution in [1.29, 1.82) is 0 Å². The van der Waals surface area contributed by atoms with Gasteiger partial charge in [0.05, 0.1) is 21.6 Å². The molecular weight excluding hydrogens is 232 g/mol. The molecule has 0 aliphatic rings. The lowest BCUT2D eigenvalue weighted by molar-refractivity contribution is 0.00310. The molecule has 0 radical (unpaired) electrons. The average molecular weight is 249 g/mol. The summed E-state index contributed by atoms with van der Waals surface area (Å²) in [6.45, 7) is 4.02. The summed E-state index contributed by atoms with van der Waals surface area (Å²) in [5.41, 5.74) is -0.190. The summed E-state index contributed by atoms with van der Waals surface area (Å²) in [6, 6.07) is 1.81. The van der Waals surface area contributed by atoms with E-state index in [1.807, 2.05) is 25.3 Å². The molecule has 0 bridgehead atoms. The largest absolute Gasteiger partial charge is 0.388 e. The Morgan fingerprint density at radius 2 is 2.27 bits per heavy atom. The highest BCUT2D eigenvalue weighted by Crippen LogP contribution is 2.32. The molecule has 2 nitrogen and oxygen atoms in total. The number of thiophene rings is 1. The first-order valence-corrected chi connectivity index (χ1v) is 6.18. The van der Waals surface area contributed by atoms with Gasteiger partial charge in [0.25, 0.3) is 0 Å². The van der Waals surface area contributed by atoms with Crippen LogP contribution in [0.5, 0.6) is 0 Å². The van der Waals surface area contributed by atoms with Gasteiger partial charge in [-0.25, -0.2) is 0 Å². The Balaban J connectivity index is 2.50. The van der Waals surface area contributed by atoms with E-state index in [0.29, 0.717) is 11.4 Å². The predicted octanol–water partition coefficient (Wildman–Crippen LogP) is 3.64. The van der Waals surface area contributed by atoms with Crippen LogP contribution < -0.4 is 0 Å². The van der Waals surface area contributed by atoms with Crippen LogP contribution >= 0.6 is 22.9 Å². The van der Waals surface area contributed by atoms with E-state index in [2.05, 4.69) is 0 Å². The molecule has 15 heavy (non-hydrogen) atoms. The van der Waals surface area contributed by atoms with Gasteiger partial charge in [0.1, 0.15) is 0 Å². The molecule has 0 spiro atoms. The molecule has 1 rings (SSSR count). The van der Waals surface area contributed by atoms with E-state index >= 15 is 0 Å². The zero-order chi connectivity index (χ0) is 11.5. The van der Waals surface area contributed by atoms with Gasteiger partial charge in [0.2, 0.25) is 0 Å². The van der Waals surface area contributed by atoms with E-state index < -0.39 is 6.10 Å². The quantitative estimate of drug-likeness (QED) is 0.862. The van der Waals surface area contributed by atoms with Crippen molar-refractivity contribution in [2.24, 2.45) is 0 Å². The summed E-state index contributed by atoms with van der Waals surface area (Å²) in [7, 11) is 1.69. The summed E-state index contributed by atoms with van der Waals surface area (Å²) >= 11 is 7.43. The molecule has 0 amide bonds. The first-order valence-electron chi connectivity index (χ1n) is 4.92. The molecular formula is C11H17ClO2S. The molecule has 1 N–H and O–H groups in total. The fourth-order valence-corrected chi connectivity index (χ4v) is 2.46. The third-order valence-electron chi connectivity index (χ3n) is 2.52. The molecule has 4 heteroatoms. The number of rotatable bonds is 5. The molecule has 0 saturated carbocycles. The maximum atomic E-state index is 9.92. The second-order valence-electron chi connectivity index (χ2n) is 4.15. The van der Waals surface area contributed by atoms with Crippen LogP contribution in [-0.4, -0.2) is 17.8 Å². The highest BCUT2D eigenvalue weighted by Gasteiger charge is 2.20. The van der Waals surface area contributed by atoms with Crippen molar-refractivity contribution in [3.8, 4) is 0 Å². The number of hydrogen-bond donors (Lipinski definition) is 1. The number of halogens is 1. The molecule has 0 aliphatic carbocycles. The van der Waals surface area contributed by atoms with Crippen molar-refractivity contribution < 1.29 is 9.84 Å². The van der Waals surface area contributed by atoms with Gasteiger partial charge in [-0.15, -0.1) is 11.3 Å². The standard InChI is InChI=1S/C11H17ClO2S/c1-11(2,14-3)6-4-9(13)10-8(12)5-7-15-10/h5,7,9,13H,4,6H2,1-3H3.